The molecule has 0 fully saturated rings. The maximum absolute atomic E-state index is 6.37. The summed E-state index contributed by atoms with van der Waals surface area (Å²) in [5.74, 6) is 1.38. The van der Waals surface area contributed by atoms with Crippen molar-refractivity contribution in [3.05, 3.63) is 267 Å². The van der Waals surface area contributed by atoms with Gasteiger partial charge in [0.05, 0.1) is 77.6 Å². The Kier molecular flexibility index (Phi) is 10.1. The Morgan fingerprint density at radius 1 is 0.244 bits per heavy atom. The molecule has 0 spiro atoms. The molecule has 0 bridgehead atoms. The van der Waals surface area contributed by atoms with Gasteiger partial charge in [-0.3, -0.25) is 29.1 Å². The van der Waals surface area contributed by atoms with Crippen molar-refractivity contribution < 1.29 is 0 Å². The number of hydrogen-bond acceptors (Lipinski definition) is 6. The van der Waals surface area contributed by atoms with E-state index in [1.54, 1.807) is 0 Å². The predicted octanol–water partition coefficient (Wildman–Crippen LogP) is 17.1. The molecule has 17 aromatic rings. The van der Waals surface area contributed by atoms with E-state index < -0.39 is 0 Å². The molecule has 10 aromatic heterocycles. The van der Waals surface area contributed by atoms with Gasteiger partial charge in [0.25, 0.3) is 0 Å². The minimum absolute atomic E-state index is 0.688. The van der Waals surface area contributed by atoms with Gasteiger partial charge in [-0.1, -0.05) is 158 Å². The number of fused-ring (bicyclic) bond motifs is 12. The van der Waals surface area contributed by atoms with Crippen LogP contribution in [0.3, 0.4) is 0 Å². The second kappa shape index (κ2) is 18.1. The number of para-hydroxylation sites is 4. The lowest BCUT2D eigenvalue weighted by Crippen LogP contribution is -2.16. The summed E-state index contributed by atoms with van der Waals surface area (Å²) in [4.78, 5) is 32.4. The summed E-state index contributed by atoms with van der Waals surface area (Å²) in [5.41, 5.74) is 20.3. The van der Waals surface area contributed by atoms with E-state index in [4.69, 9.17) is 29.9 Å². The van der Waals surface area contributed by atoms with Crippen LogP contribution in [0.2, 0.25) is 0 Å². The Hall–Kier alpha value is -11.4. The van der Waals surface area contributed by atoms with E-state index >= 15 is 0 Å². The van der Waals surface area contributed by atoms with E-state index in [0.29, 0.717) is 11.6 Å². The number of nitrogens with zero attached hydrogens (tertiary/aromatic N) is 10. The fourth-order valence-electron chi connectivity index (χ4n) is 12.8. The number of benzene rings is 7. The molecule has 0 amide bonds. The van der Waals surface area contributed by atoms with Crippen LogP contribution in [0.15, 0.2) is 267 Å². The molecule has 10 nitrogen and oxygen atoms in total. The van der Waals surface area contributed by atoms with Gasteiger partial charge in [-0.15, -0.1) is 0 Å². The lowest BCUT2D eigenvalue weighted by Gasteiger charge is -2.27. The van der Waals surface area contributed by atoms with Crippen molar-refractivity contribution in [1.29, 1.82) is 0 Å². The largest absolute Gasteiger partial charge is 0.304 e. The fourth-order valence-corrected chi connectivity index (χ4v) is 12.8. The molecule has 0 saturated carbocycles. The molecule has 82 heavy (non-hydrogen) atoms. The van der Waals surface area contributed by atoms with Crippen LogP contribution in [0.1, 0.15) is 0 Å². The first kappa shape index (κ1) is 45.6. The van der Waals surface area contributed by atoms with Crippen LogP contribution in [-0.4, -0.2) is 48.2 Å². The molecule has 0 aliphatic carbocycles. The van der Waals surface area contributed by atoms with Gasteiger partial charge in [0.1, 0.15) is 11.4 Å². The molecule has 0 atom stereocenters. The average molecular weight is 1050 g/mol. The molecule has 0 aliphatic heterocycles. The molecular weight excluding hydrogens is 1000 g/mol. The molecule has 7 aromatic carbocycles. The third-order valence-electron chi connectivity index (χ3n) is 16.2. The van der Waals surface area contributed by atoms with Gasteiger partial charge in [-0.05, 0) is 102 Å². The third kappa shape index (κ3) is 6.75. The van der Waals surface area contributed by atoms with Gasteiger partial charge in [0, 0.05) is 63.0 Å². The van der Waals surface area contributed by atoms with Gasteiger partial charge < -0.3 is 9.13 Å². The summed E-state index contributed by atoms with van der Waals surface area (Å²) in [7, 11) is 0. The molecule has 0 unspecified atom stereocenters. The minimum atomic E-state index is 0.688. The Balaban J connectivity index is 1.17. The van der Waals surface area contributed by atoms with Crippen molar-refractivity contribution in [1.82, 2.24) is 48.2 Å². The van der Waals surface area contributed by atoms with Crippen LogP contribution in [-0.2, 0) is 0 Å². The smallest absolute Gasteiger partial charge is 0.165 e. The van der Waals surface area contributed by atoms with Crippen LogP contribution in [0, 0.1) is 0 Å². The minimum Gasteiger partial charge on any atom is -0.304 e. The molecule has 10 heteroatoms. The van der Waals surface area contributed by atoms with Crippen molar-refractivity contribution >= 4 is 87.7 Å². The van der Waals surface area contributed by atoms with Crippen molar-refractivity contribution in [2.75, 3.05) is 0 Å². The average Bonchev–Trinajstić information content (AvgIpc) is 1.84. The maximum atomic E-state index is 6.37. The summed E-state index contributed by atoms with van der Waals surface area (Å²) in [5, 5.41) is 4.05. The molecule has 0 aliphatic rings. The Bertz CT molecular complexity index is 4900. The third-order valence-corrected chi connectivity index (χ3v) is 16.2. The highest BCUT2D eigenvalue weighted by molar-refractivity contribution is 6.14. The molecule has 382 valence electrons. The topological polar surface area (TPSA) is 97.1 Å². The maximum Gasteiger partial charge on any atom is 0.165 e. The zero-order valence-corrected chi connectivity index (χ0v) is 43.9. The summed E-state index contributed by atoms with van der Waals surface area (Å²) in [6.07, 6.45) is 7.54. The van der Waals surface area contributed by atoms with Gasteiger partial charge >= 0.3 is 0 Å². The van der Waals surface area contributed by atoms with Crippen LogP contribution < -0.4 is 0 Å². The zero-order valence-electron chi connectivity index (χ0n) is 43.9. The number of pyridine rings is 6. The van der Waals surface area contributed by atoms with Crippen LogP contribution in [0.5, 0.6) is 0 Å². The zero-order chi connectivity index (χ0) is 53.8. The van der Waals surface area contributed by atoms with E-state index in [0.717, 1.165) is 144 Å². The molecule has 0 saturated heterocycles. The highest BCUT2D eigenvalue weighted by Gasteiger charge is 2.34. The quantitative estimate of drug-likeness (QED) is 0.150. The van der Waals surface area contributed by atoms with Crippen molar-refractivity contribution in [3.63, 3.8) is 0 Å². The summed E-state index contributed by atoms with van der Waals surface area (Å²) >= 11 is 0. The highest BCUT2D eigenvalue weighted by Crippen LogP contribution is 2.50. The van der Waals surface area contributed by atoms with Crippen molar-refractivity contribution in [2.45, 2.75) is 0 Å². The Morgan fingerprint density at radius 3 is 0.963 bits per heavy atom. The van der Waals surface area contributed by atoms with Crippen LogP contribution in [0.25, 0.3) is 156 Å². The van der Waals surface area contributed by atoms with Gasteiger partial charge in [-0.2, -0.15) is 0 Å². The van der Waals surface area contributed by atoms with E-state index in [-0.39, 0.29) is 0 Å². The van der Waals surface area contributed by atoms with Crippen molar-refractivity contribution in [3.8, 4) is 67.8 Å². The van der Waals surface area contributed by atoms with E-state index in [1.165, 1.54) is 0 Å². The standard InChI is InChI=1S/C72H44N10/c1-3-21-45(22-4-1)54-43-47(44-55(77-54)46-23-5-2-6-24-46)48-25-7-8-26-49(48)64-69(79-56-31-13-9-27-50(56)65-60(79)35-17-39-73-65)71(81-58-33-15-11-29-52(58)67-62(81)37-19-41-75-67)78-72(82-59-34-16-12-30-53(59)68-63(82)38-20-42-76-68)70(64)80-57-32-14-10-28-51(57)66-61(80)36-18-40-74-66/h1-44H. The van der Waals surface area contributed by atoms with Gasteiger partial charge in [-0.25, -0.2) is 9.97 Å². The van der Waals surface area contributed by atoms with Crippen molar-refractivity contribution in [2.24, 2.45) is 0 Å². The lowest BCUT2D eigenvalue weighted by atomic mass is 9.91. The molecule has 0 radical (unpaired) electrons. The molecule has 10 heterocycles. The van der Waals surface area contributed by atoms with Gasteiger partial charge in [0.15, 0.2) is 11.6 Å². The number of hydrogen-bond donors (Lipinski definition) is 0. The summed E-state index contributed by atoms with van der Waals surface area (Å²) < 4.78 is 9.48. The first-order valence-electron chi connectivity index (χ1n) is 27.4. The van der Waals surface area contributed by atoms with E-state index in [9.17, 15) is 0 Å². The number of rotatable bonds is 8. The molecule has 0 N–H and O–H groups in total. The first-order valence-corrected chi connectivity index (χ1v) is 27.4. The number of aromatic nitrogens is 10. The molecule has 17 rings (SSSR count). The van der Waals surface area contributed by atoms with Crippen LogP contribution >= 0.6 is 0 Å². The summed E-state index contributed by atoms with van der Waals surface area (Å²) in [6, 6.07) is 85.5. The first-order chi connectivity index (χ1) is 40.7. The van der Waals surface area contributed by atoms with Gasteiger partial charge in [0.2, 0.25) is 0 Å². The monoisotopic (exact) mass is 1050 g/mol. The highest BCUT2D eigenvalue weighted by atomic mass is 15.2. The van der Waals surface area contributed by atoms with E-state index in [1.807, 2.05) is 49.1 Å². The van der Waals surface area contributed by atoms with Crippen LogP contribution in [0.4, 0.5) is 0 Å². The predicted molar refractivity (Wildman–Crippen MR) is 332 cm³/mol. The second-order valence-corrected chi connectivity index (χ2v) is 20.6. The lowest BCUT2D eigenvalue weighted by molar-refractivity contribution is 0.960. The molecular formula is C72H44N10. The second-order valence-electron chi connectivity index (χ2n) is 20.6. The summed E-state index contributed by atoms with van der Waals surface area (Å²) in [6.45, 7) is 0. The Labute approximate surface area is 468 Å². The SMILES string of the molecule is c1ccc(-c2cc(-c3ccccc3-c3c(-n4c5ccccc5c5ncccc54)c(-n4c5ccccc5c5ncccc54)nc(-n4c5ccccc5c5ncccc54)c3-n3c4ccccc4c4ncccc43)cc(-c3ccccc3)n2)cc1. The fraction of sp³-hybridized carbons (Fsp3) is 0. The normalized spacial score (nSPS) is 11.9. The Morgan fingerprint density at radius 2 is 0.561 bits per heavy atom. The van der Waals surface area contributed by atoms with E-state index in [2.05, 4.69) is 237 Å².